The van der Waals surface area contributed by atoms with Gasteiger partial charge in [0.2, 0.25) is 10.0 Å². The molecule has 0 saturated carbocycles. The highest BCUT2D eigenvalue weighted by molar-refractivity contribution is 7.92. The van der Waals surface area contributed by atoms with Crippen molar-refractivity contribution in [2.24, 2.45) is 0 Å². The molecule has 0 aliphatic carbocycles. The topological polar surface area (TPSA) is 89.0 Å². The molecule has 0 saturated heterocycles. The Morgan fingerprint density at radius 1 is 1.15 bits per heavy atom. The van der Waals surface area contributed by atoms with Gasteiger partial charge in [-0.3, -0.25) is 14.1 Å². The summed E-state index contributed by atoms with van der Waals surface area (Å²) < 4.78 is 52.5. The summed E-state index contributed by atoms with van der Waals surface area (Å²) >= 11 is 5.90. The van der Waals surface area contributed by atoms with Crippen LogP contribution in [0.15, 0.2) is 60.8 Å². The molecule has 1 amide bonds. The number of carbonyl (C=O) groups is 1. The largest absolute Gasteiger partial charge is 0.497 e. The molecule has 0 bridgehead atoms. The molecule has 8 nitrogen and oxygen atoms in total. The third kappa shape index (κ3) is 5.09. The molecule has 1 aromatic heterocycles. The number of ether oxygens (including phenoxy) is 2. The number of benzene rings is 3. The zero-order chi connectivity index (χ0) is 27.9. The lowest BCUT2D eigenvalue weighted by molar-refractivity contribution is 0.0762. The number of rotatable bonds is 8. The fourth-order valence-corrected chi connectivity index (χ4v) is 5.34. The standard InChI is InChI=1S/C28H25ClFN3O5S/c1-32(39(3,35)36)26-21-5-4-12-31-25(21)27(38-16-17-6-10-20(37-2)11-7-17)24-22(26)15-33(28(24)34)14-18-8-9-19(29)13-23(18)30/h4-13H,14-16H2,1-3H3. The van der Waals surface area contributed by atoms with Gasteiger partial charge in [0.05, 0.1) is 24.6 Å². The van der Waals surface area contributed by atoms with Crippen LogP contribution in [0.3, 0.4) is 0 Å². The summed E-state index contributed by atoms with van der Waals surface area (Å²) in [6, 6.07) is 15.0. The number of methoxy groups -OCH3 is 1. The first kappa shape index (κ1) is 26.7. The molecule has 11 heteroatoms. The average molecular weight is 570 g/mol. The molecule has 1 aliphatic rings. The highest BCUT2D eigenvalue weighted by Crippen LogP contribution is 2.45. The first-order valence-electron chi connectivity index (χ1n) is 11.9. The highest BCUT2D eigenvalue weighted by Gasteiger charge is 2.38. The second-order valence-corrected chi connectivity index (χ2v) is 11.6. The molecule has 3 aromatic carbocycles. The van der Waals surface area contributed by atoms with E-state index in [4.69, 9.17) is 21.1 Å². The summed E-state index contributed by atoms with van der Waals surface area (Å²) in [4.78, 5) is 19.8. The van der Waals surface area contributed by atoms with Crippen molar-refractivity contribution in [3.8, 4) is 11.5 Å². The van der Waals surface area contributed by atoms with Crippen molar-refractivity contribution in [3.63, 3.8) is 0 Å². The lowest BCUT2D eigenvalue weighted by atomic mass is 10.0. The molecular weight excluding hydrogens is 545 g/mol. The van der Waals surface area contributed by atoms with E-state index >= 15 is 0 Å². The SMILES string of the molecule is COc1ccc(COc2c3c(c(N(C)S(C)(=O)=O)c4cccnc24)CN(Cc2ccc(Cl)cc2F)C3=O)cc1. The lowest BCUT2D eigenvalue weighted by Gasteiger charge is -2.23. The zero-order valence-corrected chi connectivity index (χ0v) is 23.0. The zero-order valence-electron chi connectivity index (χ0n) is 21.4. The van der Waals surface area contributed by atoms with Gasteiger partial charge in [-0.15, -0.1) is 0 Å². The first-order valence-corrected chi connectivity index (χ1v) is 14.2. The van der Waals surface area contributed by atoms with Crippen LogP contribution in [0.1, 0.15) is 27.0 Å². The monoisotopic (exact) mass is 569 g/mol. The molecule has 202 valence electrons. The van der Waals surface area contributed by atoms with Crippen molar-refractivity contribution >= 4 is 44.1 Å². The predicted molar refractivity (Wildman–Crippen MR) is 147 cm³/mol. The van der Waals surface area contributed by atoms with E-state index in [1.807, 2.05) is 12.1 Å². The number of halogens is 2. The van der Waals surface area contributed by atoms with Crippen LogP contribution in [-0.4, -0.2) is 44.6 Å². The van der Waals surface area contributed by atoms with Gasteiger partial charge in [0, 0.05) is 47.9 Å². The van der Waals surface area contributed by atoms with Crippen molar-refractivity contribution in [2.45, 2.75) is 19.7 Å². The van der Waals surface area contributed by atoms with Crippen LogP contribution < -0.4 is 13.8 Å². The highest BCUT2D eigenvalue weighted by atomic mass is 35.5. The number of amides is 1. The number of hydrogen-bond donors (Lipinski definition) is 0. The summed E-state index contributed by atoms with van der Waals surface area (Å²) in [7, 11) is -0.690. The van der Waals surface area contributed by atoms with Crippen LogP contribution in [0, 0.1) is 5.82 Å². The molecular formula is C28H25ClFN3O5S. The first-order chi connectivity index (χ1) is 18.6. The normalized spacial score (nSPS) is 13.1. The Balaban J connectivity index is 1.64. The number of sulfonamides is 1. The Kier molecular flexibility index (Phi) is 7.09. The Hall–Kier alpha value is -3.89. The number of anilines is 1. The minimum absolute atomic E-state index is 0.0414. The predicted octanol–water partition coefficient (Wildman–Crippen LogP) is 5.17. The van der Waals surface area contributed by atoms with E-state index < -0.39 is 21.7 Å². The molecule has 4 aromatic rings. The van der Waals surface area contributed by atoms with Gasteiger partial charge in [0.25, 0.3) is 5.91 Å². The van der Waals surface area contributed by atoms with Crippen molar-refractivity contribution in [3.05, 3.63) is 93.9 Å². The van der Waals surface area contributed by atoms with Crippen LogP contribution in [0.25, 0.3) is 10.9 Å². The molecule has 0 N–H and O–H groups in total. The van der Waals surface area contributed by atoms with Gasteiger partial charge in [-0.05, 0) is 42.0 Å². The number of pyridine rings is 1. The number of hydrogen-bond acceptors (Lipinski definition) is 6. The maximum absolute atomic E-state index is 14.6. The summed E-state index contributed by atoms with van der Waals surface area (Å²) in [5.74, 6) is -0.0198. The van der Waals surface area contributed by atoms with Gasteiger partial charge >= 0.3 is 0 Å². The smallest absolute Gasteiger partial charge is 0.258 e. The quantitative estimate of drug-likeness (QED) is 0.291. The third-order valence-corrected chi connectivity index (χ3v) is 8.09. The summed E-state index contributed by atoms with van der Waals surface area (Å²) in [5, 5.41) is 0.761. The second kappa shape index (κ2) is 10.3. The summed E-state index contributed by atoms with van der Waals surface area (Å²) in [6.07, 6.45) is 2.65. The van der Waals surface area contributed by atoms with Crippen molar-refractivity contribution in [1.82, 2.24) is 9.88 Å². The van der Waals surface area contributed by atoms with Crippen LogP contribution in [-0.2, 0) is 29.7 Å². The Labute approximate surface area is 230 Å². The molecule has 0 radical (unpaired) electrons. The van der Waals surface area contributed by atoms with E-state index in [1.54, 1.807) is 43.6 Å². The van der Waals surface area contributed by atoms with E-state index in [0.29, 0.717) is 27.9 Å². The molecule has 0 atom stereocenters. The molecule has 2 heterocycles. The molecule has 0 spiro atoms. The van der Waals surface area contributed by atoms with Gasteiger partial charge in [-0.25, -0.2) is 12.8 Å². The van der Waals surface area contributed by atoms with E-state index in [2.05, 4.69) is 4.98 Å². The van der Waals surface area contributed by atoms with Crippen LogP contribution >= 0.6 is 11.6 Å². The fourth-order valence-electron chi connectivity index (χ4n) is 4.64. The van der Waals surface area contributed by atoms with E-state index in [9.17, 15) is 17.6 Å². The Morgan fingerprint density at radius 2 is 1.90 bits per heavy atom. The third-order valence-electron chi connectivity index (χ3n) is 6.67. The number of aromatic nitrogens is 1. The van der Waals surface area contributed by atoms with Gasteiger partial charge in [-0.2, -0.15) is 0 Å². The van der Waals surface area contributed by atoms with Crippen LogP contribution in [0.4, 0.5) is 10.1 Å². The maximum atomic E-state index is 14.6. The molecule has 39 heavy (non-hydrogen) atoms. The van der Waals surface area contributed by atoms with E-state index in [-0.39, 0.29) is 41.6 Å². The van der Waals surface area contributed by atoms with E-state index in [0.717, 1.165) is 16.1 Å². The molecule has 5 rings (SSSR count). The minimum atomic E-state index is -3.70. The fraction of sp³-hybridized carbons (Fsp3) is 0.214. The maximum Gasteiger partial charge on any atom is 0.258 e. The average Bonchev–Trinajstić information content (AvgIpc) is 3.23. The van der Waals surface area contributed by atoms with Gasteiger partial charge in [-0.1, -0.05) is 29.8 Å². The number of fused-ring (bicyclic) bond motifs is 2. The Morgan fingerprint density at radius 3 is 2.56 bits per heavy atom. The summed E-state index contributed by atoms with van der Waals surface area (Å²) in [5.41, 5.74) is 2.46. The second-order valence-electron chi connectivity index (χ2n) is 9.20. The minimum Gasteiger partial charge on any atom is -0.497 e. The van der Waals surface area contributed by atoms with Crippen LogP contribution in [0.2, 0.25) is 5.02 Å². The summed E-state index contributed by atoms with van der Waals surface area (Å²) in [6.45, 7) is 0.137. The Bertz CT molecular complexity index is 1700. The van der Waals surface area contributed by atoms with Gasteiger partial charge in [0.15, 0.2) is 5.75 Å². The molecule has 0 fully saturated rings. The van der Waals surface area contributed by atoms with Crippen molar-refractivity contribution < 1.29 is 27.1 Å². The molecule has 1 aliphatic heterocycles. The molecule has 0 unspecified atom stereocenters. The van der Waals surface area contributed by atoms with Crippen LogP contribution in [0.5, 0.6) is 11.5 Å². The van der Waals surface area contributed by atoms with Gasteiger partial charge in [0.1, 0.15) is 23.7 Å². The lowest BCUT2D eigenvalue weighted by Crippen LogP contribution is -2.26. The van der Waals surface area contributed by atoms with E-state index in [1.165, 1.54) is 24.1 Å². The number of carbonyl (C=O) groups excluding carboxylic acids is 1. The van der Waals surface area contributed by atoms with Gasteiger partial charge < -0.3 is 14.4 Å². The van der Waals surface area contributed by atoms with Crippen molar-refractivity contribution in [2.75, 3.05) is 24.7 Å². The number of nitrogens with zero attached hydrogens (tertiary/aromatic N) is 3. The van der Waals surface area contributed by atoms with Crippen molar-refractivity contribution in [1.29, 1.82) is 0 Å².